The Hall–Kier alpha value is -1.73. The molecule has 5 nitrogen and oxygen atoms in total. The highest BCUT2D eigenvalue weighted by Gasteiger charge is 2.18. The summed E-state index contributed by atoms with van der Waals surface area (Å²) in [5, 5.41) is 8.01. The number of furan rings is 1. The van der Waals surface area contributed by atoms with Crippen LogP contribution in [0.25, 0.3) is 21.5 Å². The highest BCUT2D eigenvalue weighted by molar-refractivity contribution is 7.71. The number of hydrogen-bond acceptors (Lipinski definition) is 5. The lowest BCUT2D eigenvalue weighted by Gasteiger charge is -1.99. The van der Waals surface area contributed by atoms with E-state index >= 15 is 0 Å². The van der Waals surface area contributed by atoms with Crippen LogP contribution in [0.3, 0.4) is 0 Å². The Morgan fingerprint density at radius 1 is 1.50 bits per heavy atom. The Labute approximate surface area is 125 Å². The second-order valence-electron chi connectivity index (χ2n) is 4.43. The van der Waals surface area contributed by atoms with Crippen molar-refractivity contribution in [2.75, 3.05) is 0 Å². The van der Waals surface area contributed by atoms with Gasteiger partial charge in [0.15, 0.2) is 21.4 Å². The van der Waals surface area contributed by atoms with Crippen molar-refractivity contribution in [1.82, 2.24) is 19.7 Å². The summed E-state index contributed by atoms with van der Waals surface area (Å²) < 4.78 is 7.91. The van der Waals surface area contributed by atoms with Gasteiger partial charge < -0.3 is 8.98 Å². The van der Waals surface area contributed by atoms with Gasteiger partial charge in [-0.2, -0.15) is 5.10 Å². The van der Waals surface area contributed by atoms with Crippen LogP contribution >= 0.6 is 23.6 Å². The minimum absolute atomic E-state index is 0.607. The number of aromatic nitrogens is 4. The molecule has 3 aromatic heterocycles. The van der Waals surface area contributed by atoms with Crippen molar-refractivity contribution >= 4 is 23.6 Å². The molecule has 0 atom stereocenters. The molecule has 0 aliphatic rings. The molecule has 0 bridgehead atoms. The number of nitrogens with zero attached hydrogens (tertiary/aromatic N) is 3. The predicted octanol–water partition coefficient (Wildman–Crippen LogP) is 3.81. The maximum absolute atomic E-state index is 5.43. The molecule has 0 fully saturated rings. The third-order valence-corrected chi connectivity index (χ3v) is 4.47. The van der Waals surface area contributed by atoms with Gasteiger partial charge in [-0.3, -0.25) is 5.10 Å². The van der Waals surface area contributed by atoms with E-state index in [1.807, 2.05) is 23.7 Å². The Morgan fingerprint density at radius 2 is 2.35 bits per heavy atom. The topological polar surface area (TPSA) is 59.6 Å². The van der Waals surface area contributed by atoms with Gasteiger partial charge >= 0.3 is 0 Å². The average Bonchev–Trinajstić information content (AvgIpc) is 3.13. The average molecular weight is 306 g/mol. The smallest absolute Gasteiger partial charge is 0.195 e. The fourth-order valence-corrected chi connectivity index (χ4v) is 3.23. The van der Waals surface area contributed by atoms with Crippen LogP contribution in [-0.4, -0.2) is 19.7 Å². The van der Waals surface area contributed by atoms with Crippen LogP contribution in [-0.2, 0) is 13.5 Å². The lowest BCUT2D eigenvalue weighted by molar-refractivity contribution is 0.581. The first-order valence-electron chi connectivity index (χ1n) is 6.36. The van der Waals surface area contributed by atoms with Gasteiger partial charge in [-0.05, 0) is 30.8 Å². The van der Waals surface area contributed by atoms with Gasteiger partial charge in [0.05, 0.1) is 16.8 Å². The highest BCUT2D eigenvalue weighted by atomic mass is 32.1. The van der Waals surface area contributed by atoms with Crippen LogP contribution in [0.5, 0.6) is 0 Å². The van der Waals surface area contributed by atoms with Crippen molar-refractivity contribution in [1.29, 1.82) is 0 Å². The number of nitrogens with one attached hydrogen (secondary N) is 1. The number of aromatic amines is 1. The molecule has 0 aliphatic carbocycles. The molecule has 0 radical (unpaired) electrons. The molecule has 20 heavy (non-hydrogen) atoms. The summed E-state index contributed by atoms with van der Waals surface area (Å²) in [6, 6.07) is 3.78. The van der Waals surface area contributed by atoms with Gasteiger partial charge in [0.2, 0.25) is 0 Å². The van der Waals surface area contributed by atoms with Gasteiger partial charge in [0.1, 0.15) is 0 Å². The second-order valence-corrected chi connectivity index (χ2v) is 5.82. The number of thiazole rings is 1. The largest absolute Gasteiger partial charge is 0.462 e. The number of H-pyrrole nitrogens is 1. The summed E-state index contributed by atoms with van der Waals surface area (Å²) in [6.07, 6.45) is 3.60. The van der Waals surface area contributed by atoms with E-state index in [9.17, 15) is 0 Å². The fourth-order valence-electron chi connectivity index (χ4n) is 1.99. The zero-order valence-electron chi connectivity index (χ0n) is 11.2. The van der Waals surface area contributed by atoms with E-state index in [4.69, 9.17) is 21.6 Å². The molecule has 0 aliphatic heterocycles. The molecular formula is C13H14N4OS2. The second kappa shape index (κ2) is 5.34. The highest BCUT2D eigenvalue weighted by Crippen LogP contribution is 2.35. The molecule has 104 valence electrons. The summed E-state index contributed by atoms with van der Waals surface area (Å²) in [7, 11) is 1.91. The quantitative estimate of drug-likeness (QED) is 0.745. The molecule has 0 saturated carbocycles. The van der Waals surface area contributed by atoms with Crippen LogP contribution in [0.2, 0.25) is 0 Å². The van der Waals surface area contributed by atoms with E-state index in [-0.39, 0.29) is 0 Å². The molecule has 0 aromatic carbocycles. The zero-order chi connectivity index (χ0) is 14.1. The van der Waals surface area contributed by atoms with Crippen molar-refractivity contribution in [2.24, 2.45) is 7.05 Å². The lowest BCUT2D eigenvalue weighted by atomic mass is 10.2. The van der Waals surface area contributed by atoms with Crippen molar-refractivity contribution in [3.8, 4) is 21.5 Å². The Kier molecular flexibility index (Phi) is 3.54. The fraction of sp³-hybridized carbons (Fsp3) is 0.308. The monoisotopic (exact) mass is 306 g/mol. The zero-order valence-corrected chi connectivity index (χ0v) is 12.8. The number of rotatable bonds is 4. The number of aryl methyl sites for hydroxylation is 1. The van der Waals surface area contributed by atoms with E-state index in [2.05, 4.69) is 17.1 Å². The van der Waals surface area contributed by atoms with Gasteiger partial charge in [-0.1, -0.05) is 13.3 Å². The molecule has 0 unspecified atom stereocenters. The maximum Gasteiger partial charge on any atom is 0.195 e. The van der Waals surface area contributed by atoms with E-state index in [0.29, 0.717) is 4.77 Å². The van der Waals surface area contributed by atoms with E-state index in [1.54, 1.807) is 17.6 Å². The minimum atomic E-state index is 0.607. The SMILES string of the molecule is CCCc1nc(-c2ccco2)sc1-c1n[nH]c(=S)n1C. The lowest BCUT2D eigenvalue weighted by Crippen LogP contribution is -1.94. The van der Waals surface area contributed by atoms with Gasteiger partial charge in [0, 0.05) is 7.05 Å². The first-order chi connectivity index (χ1) is 9.70. The standard InChI is InChI=1S/C13H14N4OS2/c1-3-5-8-10(11-15-16-13(19)17(11)2)20-12(14-8)9-6-4-7-18-9/h4,6-7H,3,5H2,1-2H3,(H,16,19). The van der Waals surface area contributed by atoms with Crippen molar-refractivity contribution in [3.63, 3.8) is 0 Å². The van der Waals surface area contributed by atoms with Gasteiger partial charge in [0.25, 0.3) is 0 Å². The van der Waals surface area contributed by atoms with E-state index in [1.165, 1.54) is 0 Å². The van der Waals surface area contributed by atoms with Crippen LogP contribution in [0.4, 0.5) is 0 Å². The van der Waals surface area contributed by atoms with Crippen LogP contribution in [0.15, 0.2) is 22.8 Å². The molecular weight excluding hydrogens is 292 g/mol. The van der Waals surface area contributed by atoms with E-state index in [0.717, 1.165) is 40.0 Å². The van der Waals surface area contributed by atoms with Crippen molar-refractivity contribution in [2.45, 2.75) is 19.8 Å². The third-order valence-electron chi connectivity index (χ3n) is 3.00. The Bertz CT molecular complexity index is 767. The Morgan fingerprint density at radius 3 is 2.95 bits per heavy atom. The summed E-state index contributed by atoms with van der Waals surface area (Å²) in [5.74, 6) is 1.61. The van der Waals surface area contributed by atoms with Crippen molar-refractivity contribution < 1.29 is 4.42 Å². The molecule has 0 amide bonds. The molecule has 0 saturated heterocycles. The summed E-state index contributed by atoms with van der Waals surface area (Å²) in [6.45, 7) is 2.14. The molecule has 7 heteroatoms. The molecule has 3 rings (SSSR count). The molecule has 3 heterocycles. The van der Waals surface area contributed by atoms with Gasteiger partial charge in [-0.15, -0.1) is 11.3 Å². The Balaban J connectivity index is 2.14. The molecule has 0 spiro atoms. The predicted molar refractivity (Wildman–Crippen MR) is 81.2 cm³/mol. The molecule has 1 N–H and O–H groups in total. The first kappa shape index (κ1) is 13.3. The van der Waals surface area contributed by atoms with Crippen molar-refractivity contribution in [3.05, 3.63) is 28.9 Å². The normalized spacial score (nSPS) is 11.1. The van der Waals surface area contributed by atoms with Crippen LogP contribution in [0, 0.1) is 4.77 Å². The van der Waals surface area contributed by atoms with E-state index < -0.39 is 0 Å². The number of hydrogen-bond donors (Lipinski definition) is 1. The first-order valence-corrected chi connectivity index (χ1v) is 7.58. The summed E-state index contributed by atoms with van der Waals surface area (Å²) >= 11 is 6.76. The third kappa shape index (κ3) is 2.23. The maximum atomic E-state index is 5.43. The summed E-state index contributed by atoms with van der Waals surface area (Å²) in [4.78, 5) is 5.74. The van der Waals surface area contributed by atoms with Gasteiger partial charge in [-0.25, -0.2) is 4.98 Å². The molecule has 3 aromatic rings. The van der Waals surface area contributed by atoms with Crippen LogP contribution < -0.4 is 0 Å². The summed E-state index contributed by atoms with van der Waals surface area (Å²) in [5.41, 5.74) is 1.04. The van der Waals surface area contributed by atoms with Crippen LogP contribution in [0.1, 0.15) is 19.0 Å². The minimum Gasteiger partial charge on any atom is -0.462 e.